The lowest BCUT2D eigenvalue weighted by Crippen LogP contribution is -2.27. The molecule has 0 saturated carbocycles. The van der Waals surface area contributed by atoms with Crippen molar-refractivity contribution in [2.45, 2.75) is 12.8 Å². The molecule has 1 aromatic rings. The van der Waals surface area contributed by atoms with E-state index in [1.165, 1.54) is 12.3 Å². The third kappa shape index (κ3) is 3.34. The van der Waals surface area contributed by atoms with E-state index in [0.29, 0.717) is 23.7 Å². The highest BCUT2D eigenvalue weighted by molar-refractivity contribution is 6.29. The molecule has 1 unspecified atom stereocenters. The van der Waals surface area contributed by atoms with E-state index in [2.05, 4.69) is 10.3 Å². The minimum Gasteiger partial charge on any atom is -0.397 e. The Balaban J connectivity index is 1.85. The van der Waals surface area contributed by atoms with Crippen molar-refractivity contribution in [3.63, 3.8) is 0 Å². The van der Waals surface area contributed by atoms with E-state index >= 15 is 0 Å². The quantitative estimate of drug-likeness (QED) is 0.812. The number of hydrogen-bond donors (Lipinski definition) is 2. The molecule has 1 aliphatic rings. The van der Waals surface area contributed by atoms with Crippen LogP contribution in [0.1, 0.15) is 23.2 Å². The van der Waals surface area contributed by atoms with E-state index < -0.39 is 0 Å². The molecular formula is C12H16ClN3O2. The predicted octanol–water partition coefficient (Wildman–Crippen LogP) is 1.47. The molecule has 6 heteroatoms. The van der Waals surface area contributed by atoms with Crippen LogP contribution in [0.2, 0.25) is 5.15 Å². The first-order chi connectivity index (χ1) is 8.66. The molecule has 0 aromatic carbocycles. The fourth-order valence-electron chi connectivity index (χ4n) is 1.93. The number of hydrogen-bond acceptors (Lipinski definition) is 4. The molecule has 18 heavy (non-hydrogen) atoms. The maximum absolute atomic E-state index is 11.9. The molecule has 5 nitrogen and oxygen atoms in total. The summed E-state index contributed by atoms with van der Waals surface area (Å²) in [6.07, 6.45) is 3.38. The zero-order chi connectivity index (χ0) is 13.0. The van der Waals surface area contributed by atoms with Crippen molar-refractivity contribution in [1.82, 2.24) is 10.3 Å². The Labute approximate surface area is 111 Å². The number of rotatable bonds is 4. The number of carbonyl (C=O) groups is 1. The highest BCUT2D eigenvalue weighted by atomic mass is 35.5. The minimum atomic E-state index is -0.212. The number of nitrogens with one attached hydrogen (secondary N) is 1. The number of nitrogen functional groups attached to an aromatic ring is 1. The number of anilines is 1. The minimum absolute atomic E-state index is 0.212. The topological polar surface area (TPSA) is 77.2 Å². The summed E-state index contributed by atoms with van der Waals surface area (Å²) in [6, 6.07) is 1.48. The molecule has 1 fully saturated rings. The van der Waals surface area contributed by atoms with E-state index in [1.807, 2.05) is 0 Å². The number of ether oxygens (including phenoxy) is 1. The normalized spacial score (nSPS) is 18.8. The fourth-order valence-corrected chi connectivity index (χ4v) is 2.09. The van der Waals surface area contributed by atoms with Crippen molar-refractivity contribution in [1.29, 1.82) is 0 Å². The zero-order valence-electron chi connectivity index (χ0n) is 9.99. The van der Waals surface area contributed by atoms with Crippen molar-refractivity contribution in [2.24, 2.45) is 5.92 Å². The van der Waals surface area contributed by atoms with Crippen LogP contribution in [-0.2, 0) is 4.74 Å². The van der Waals surface area contributed by atoms with Gasteiger partial charge in [-0.05, 0) is 24.8 Å². The Hall–Kier alpha value is -1.33. The highest BCUT2D eigenvalue weighted by Crippen LogP contribution is 2.16. The number of aromatic nitrogens is 1. The van der Waals surface area contributed by atoms with E-state index in [9.17, 15) is 4.79 Å². The first-order valence-electron chi connectivity index (χ1n) is 5.94. The molecule has 0 radical (unpaired) electrons. The van der Waals surface area contributed by atoms with Gasteiger partial charge in [0.1, 0.15) is 5.15 Å². The smallest absolute Gasteiger partial charge is 0.253 e. The van der Waals surface area contributed by atoms with Crippen LogP contribution in [0.25, 0.3) is 0 Å². The van der Waals surface area contributed by atoms with E-state index in [1.54, 1.807) is 0 Å². The van der Waals surface area contributed by atoms with Crippen LogP contribution < -0.4 is 11.1 Å². The highest BCUT2D eigenvalue weighted by Gasteiger charge is 2.16. The van der Waals surface area contributed by atoms with Gasteiger partial charge in [0, 0.05) is 19.8 Å². The SMILES string of the molecule is Nc1cnc(Cl)cc1C(=O)NCCC1CCOC1. The lowest BCUT2D eigenvalue weighted by molar-refractivity contribution is 0.0951. The second-order valence-corrected chi connectivity index (χ2v) is 4.76. The molecule has 3 N–H and O–H groups in total. The monoisotopic (exact) mass is 269 g/mol. The average molecular weight is 270 g/mol. The first kappa shape index (κ1) is 13.1. The van der Waals surface area contributed by atoms with Gasteiger partial charge in [-0.15, -0.1) is 0 Å². The van der Waals surface area contributed by atoms with Crippen molar-refractivity contribution < 1.29 is 9.53 Å². The maximum Gasteiger partial charge on any atom is 0.253 e. The maximum atomic E-state index is 11.9. The van der Waals surface area contributed by atoms with E-state index in [0.717, 1.165) is 26.1 Å². The Morgan fingerprint density at radius 3 is 3.22 bits per heavy atom. The summed E-state index contributed by atoms with van der Waals surface area (Å²) in [6.45, 7) is 2.23. The largest absolute Gasteiger partial charge is 0.397 e. The van der Waals surface area contributed by atoms with Crippen LogP contribution in [0.5, 0.6) is 0 Å². The third-order valence-corrected chi connectivity index (χ3v) is 3.21. The third-order valence-electron chi connectivity index (χ3n) is 3.01. The van der Waals surface area contributed by atoms with Crippen LogP contribution in [0.4, 0.5) is 5.69 Å². The van der Waals surface area contributed by atoms with Crippen molar-refractivity contribution >= 4 is 23.2 Å². The first-order valence-corrected chi connectivity index (χ1v) is 6.31. The average Bonchev–Trinajstić information content (AvgIpc) is 2.85. The van der Waals surface area contributed by atoms with E-state index in [-0.39, 0.29) is 11.1 Å². The van der Waals surface area contributed by atoms with Gasteiger partial charge in [0.05, 0.1) is 17.4 Å². The van der Waals surface area contributed by atoms with Gasteiger partial charge in [-0.2, -0.15) is 0 Å². The second kappa shape index (κ2) is 6.02. The lowest BCUT2D eigenvalue weighted by atomic mass is 10.1. The summed E-state index contributed by atoms with van der Waals surface area (Å²) in [7, 11) is 0. The van der Waals surface area contributed by atoms with Gasteiger partial charge in [0.15, 0.2) is 0 Å². The molecule has 1 aromatic heterocycles. The van der Waals surface area contributed by atoms with Gasteiger partial charge in [0.25, 0.3) is 5.91 Å². The Morgan fingerprint density at radius 1 is 1.67 bits per heavy atom. The molecule has 0 aliphatic carbocycles. The van der Waals surface area contributed by atoms with Gasteiger partial charge < -0.3 is 15.8 Å². The van der Waals surface area contributed by atoms with Crippen molar-refractivity contribution in [3.05, 3.63) is 23.0 Å². The number of halogens is 1. The van der Waals surface area contributed by atoms with Crippen LogP contribution in [0.15, 0.2) is 12.3 Å². The molecule has 98 valence electrons. The fraction of sp³-hybridized carbons (Fsp3) is 0.500. The van der Waals surface area contributed by atoms with E-state index in [4.69, 9.17) is 22.1 Å². The Bertz CT molecular complexity index is 433. The second-order valence-electron chi connectivity index (χ2n) is 4.37. The number of nitrogens with two attached hydrogens (primary N) is 1. The molecule has 1 atom stereocenters. The summed E-state index contributed by atoms with van der Waals surface area (Å²) >= 11 is 5.74. The van der Waals surface area contributed by atoms with Crippen molar-refractivity contribution in [3.8, 4) is 0 Å². The van der Waals surface area contributed by atoms with Gasteiger partial charge in [-0.1, -0.05) is 11.6 Å². The molecule has 0 spiro atoms. The molecule has 1 amide bonds. The summed E-state index contributed by atoms with van der Waals surface area (Å²) in [5.74, 6) is 0.333. The molecular weight excluding hydrogens is 254 g/mol. The number of nitrogens with zero attached hydrogens (tertiary/aromatic N) is 1. The zero-order valence-corrected chi connectivity index (χ0v) is 10.7. The van der Waals surface area contributed by atoms with Crippen LogP contribution in [0, 0.1) is 5.92 Å². The number of carbonyl (C=O) groups excluding carboxylic acids is 1. The van der Waals surface area contributed by atoms with Gasteiger partial charge in [-0.25, -0.2) is 4.98 Å². The summed E-state index contributed by atoms with van der Waals surface area (Å²) in [5, 5.41) is 3.10. The number of pyridine rings is 1. The van der Waals surface area contributed by atoms with Crippen molar-refractivity contribution in [2.75, 3.05) is 25.5 Å². The Kier molecular flexibility index (Phi) is 4.38. The summed E-state index contributed by atoms with van der Waals surface area (Å²) in [4.78, 5) is 15.7. The lowest BCUT2D eigenvalue weighted by Gasteiger charge is -2.10. The standard InChI is InChI=1S/C12H16ClN3O2/c13-11-5-9(10(14)6-16-11)12(17)15-3-1-8-2-4-18-7-8/h5-6,8H,1-4,7,14H2,(H,15,17). The molecule has 2 rings (SSSR count). The van der Waals surface area contributed by atoms with Crippen LogP contribution >= 0.6 is 11.6 Å². The Morgan fingerprint density at radius 2 is 2.50 bits per heavy atom. The van der Waals surface area contributed by atoms with Gasteiger partial charge in [-0.3, -0.25) is 4.79 Å². The summed E-state index contributed by atoms with van der Waals surface area (Å²) in [5.41, 5.74) is 6.39. The van der Waals surface area contributed by atoms with Gasteiger partial charge in [0.2, 0.25) is 0 Å². The molecule has 0 bridgehead atoms. The predicted molar refractivity (Wildman–Crippen MR) is 69.5 cm³/mol. The summed E-state index contributed by atoms with van der Waals surface area (Å²) < 4.78 is 5.28. The van der Waals surface area contributed by atoms with Crippen LogP contribution in [0.3, 0.4) is 0 Å². The van der Waals surface area contributed by atoms with Gasteiger partial charge >= 0.3 is 0 Å². The van der Waals surface area contributed by atoms with Crippen LogP contribution in [-0.4, -0.2) is 30.6 Å². The number of amides is 1. The molecule has 2 heterocycles. The molecule has 1 saturated heterocycles. The molecule has 1 aliphatic heterocycles.